The highest BCUT2D eigenvalue weighted by Gasteiger charge is 2.30. The van der Waals surface area contributed by atoms with Gasteiger partial charge in [0.2, 0.25) is 0 Å². The molecule has 0 fully saturated rings. The Balaban J connectivity index is 1.58. The average Bonchev–Trinajstić information content (AvgIpc) is 3.30. The van der Waals surface area contributed by atoms with Crippen molar-refractivity contribution >= 4 is 347 Å². The van der Waals surface area contributed by atoms with E-state index in [-0.39, 0.29) is 0 Å². The van der Waals surface area contributed by atoms with Crippen LogP contribution in [0.5, 0.6) is 0 Å². The van der Waals surface area contributed by atoms with Crippen molar-refractivity contribution in [3.63, 3.8) is 0 Å². The quantitative estimate of drug-likeness (QED) is 0.123. The number of hydrogen-bond acceptors (Lipinski definition) is 0. The molecule has 0 bridgehead atoms. The summed E-state index contributed by atoms with van der Waals surface area (Å²) in [6.07, 6.45) is 0. The SMILES string of the molecule is Bc1c(B)c(B)c2c(-c3ccc(-c4c5c(B)c(B)c(B)c(B)c5c(-c5c(B)c(B)c(B)c6c(B)c(B)c(B)c(B)c56)c5c(B)c(B)c(B)c(B)c45)c4ccccc34)c(B)c(B)c(B)c2c1B. The fraction of sp³-hybridized carbons (Fsp3) is 0. The van der Waals surface area contributed by atoms with E-state index in [4.69, 9.17) is 0 Å². The van der Waals surface area contributed by atoms with Crippen molar-refractivity contribution in [1.82, 2.24) is 0 Å². The van der Waals surface area contributed by atoms with E-state index in [2.05, 4.69) is 209 Å². The van der Waals surface area contributed by atoms with Gasteiger partial charge in [-0.3, -0.25) is 0 Å². The Morgan fingerprint density at radius 1 is 0.167 bits per heavy atom. The summed E-state index contributed by atoms with van der Waals surface area (Å²) < 4.78 is 0. The van der Waals surface area contributed by atoms with Gasteiger partial charge in [-0.2, -0.15) is 0 Å². The van der Waals surface area contributed by atoms with E-state index >= 15 is 0 Å². The maximum absolute atomic E-state index is 2.51. The van der Waals surface area contributed by atoms with Gasteiger partial charge in [-0.05, 0) is 87.2 Å². The minimum absolute atomic E-state index is 1.31. The van der Waals surface area contributed by atoms with Gasteiger partial charge in [0.05, 0.1) is 0 Å². The van der Waals surface area contributed by atoms with E-state index in [1.54, 1.807) is 0 Å². The van der Waals surface area contributed by atoms with Gasteiger partial charge in [0.1, 0.15) is 173 Å². The molecule has 9 aromatic rings. The van der Waals surface area contributed by atoms with Crippen LogP contribution < -0.4 is 120 Å². The lowest BCUT2D eigenvalue weighted by Crippen LogP contribution is -2.53. The first-order valence-corrected chi connectivity index (χ1v) is 24.5. The van der Waals surface area contributed by atoms with Crippen LogP contribution in [-0.4, -0.2) is 173 Å². The summed E-state index contributed by atoms with van der Waals surface area (Å²) in [7, 11) is 52.1. The lowest BCUT2D eigenvalue weighted by atomic mass is 9.56. The van der Waals surface area contributed by atoms with Crippen LogP contribution in [0.4, 0.5) is 0 Å². The summed E-state index contributed by atoms with van der Waals surface area (Å²) in [4.78, 5) is 0. The normalized spacial score (nSPS) is 11.8. The van der Waals surface area contributed by atoms with Crippen molar-refractivity contribution in [3.8, 4) is 33.4 Å². The largest absolute Gasteiger partial charge is 0.139 e. The van der Waals surface area contributed by atoms with Crippen LogP contribution in [0.25, 0.3) is 87.2 Å². The Labute approximate surface area is 413 Å². The zero-order chi connectivity index (χ0) is 48.2. The minimum Gasteiger partial charge on any atom is -0.101 e. The van der Waals surface area contributed by atoms with Gasteiger partial charge >= 0.3 is 0 Å². The number of fused-ring (bicyclic) bond motifs is 5. The van der Waals surface area contributed by atoms with E-state index < -0.39 is 0 Å². The van der Waals surface area contributed by atoms with Crippen LogP contribution in [0.2, 0.25) is 0 Å². The van der Waals surface area contributed by atoms with Gasteiger partial charge in [0.15, 0.2) is 0 Å². The Hall–Kier alpha value is -4.29. The van der Waals surface area contributed by atoms with Crippen molar-refractivity contribution in [2.24, 2.45) is 0 Å². The molecule has 0 heterocycles. The molecule has 0 aliphatic rings. The smallest absolute Gasteiger partial charge is 0.101 e. The van der Waals surface area contributed by atoms with Crippen molar-refractivity contribution in [1.29, 1.82) is 0 Å². The number of benzene rings is 9. The second kappa shape index (κ2) is 16.2. The van der Waals surface area contributed by atoms with Crippen molar-refractivity contribution in [2.45, 2.75) is 0 Å². The molecule has 0 aromatic heterocycles. The second-order valence-electron chi connectivity index (χ2n) is 21.0. The fourth-order valence-corrected chi connectivity index (χ4v) is 12.9. The Kier molecular flexibility index (Phi) is 11.5. The number of hydrogen-bond donors (Lipinski definition) is 0. The standard InChI is InChI=1S/C44H50B22/c45-23-12(16-21(31(53)35(23)57)33(55)43(65)39(61)26(16)48)10-6-5-9(7-3-1-2-4-8(7)10)11-14-17(28(50)40(62)37(59)24(14)46)13(18-15(11)25(47)38(60)41(63)29(18)51)19-20-22(32(54)36(58)27(19)49)34(56)44(66)42(64)30(20)52/h1-6H,45-66H2. The lowest BCUT2D eigenvalue weighted by Gasteiger charge is -2.31. The highest BCUT2D eigenvalue weighted by Crippen LogP contribution is 2.45. The van der Waals surface area contributed by atoms with Crippen LogP contribution in [0.1, 0.15) is 0 Å². The minimum atomic E-state index is 1.31. The van der Waals surface area contributed by atoms with Crippen molar-refractivity contribution in [3.05, 3.63) is 36.4 Å². The van der Waals surface area contributed by atoms with Gasteiger partial charge in [-0.25, -0.2) is 0 Å². The highest BCUT2D eigenvalue weighted by atomic mass is 14.3. The van der Waals surface area contributed by atoms with E-state index in [1.165, 1.54) is 207 Å². The third-order valence-corrected chi connectivity index (χ3v) is 18.7. The molecule has 9 aromatic carbocycles. The summed E-state index contributed by atoms with van der Waals surface area (Å²) >= 11 is 0. The third kappa shape index (κ3) is 6.10. The van der Waals surface area contributed by atoms with Crippen molar-refractivity contribution < 1.29 is 0 Å². The van der Waals surface area contributed by atoms with Gasteiger partial charge in [0.25, 0.3) is 0 Å². The first-order chi connectivity index (χ1) is 31.0. The van der Waals surface area contributed by atoms with Crippen LogP contribution in [0.15, 0.2) is 36.4 Å². The van der Waals surface area contributed by atoms with Crippen LogP contribution in [-0.2, 0) is 0 Å². The summed E-state index contributed by atoms with van der Waals surface area (Å²) in [5.74, 6) is 0. The topological polar surface area (TPSA) is 0 Å². The maximum Gasteiger partial charge on any atom is 0.139 e. The molecule has 0 nitrogen and oxygen atoms in total. The fourth-order valence-electron chi connectivity index (χ4n) is 12.9. The molecule has 66 heavy (non-hydrogen) atoms. The Morgan fingerprint density at radius 3 is 0.697 bits per heavy atom. The monoisotopic (exact) mass is 821 g/mol. The molecule has 0 saturated heterocycles. The molecule has 0 atom stereocenters. The maximum atomic E-state index is 2.51. The summed E-state index contributed by atoms with van der Waals surface area (Å²) in [6, 6.07) is 14.3. The molecule has 0 spiro atoms. The van der Waals surface area contributed by atoms with E-state index in [0.717, 1.165) is 0 Å². The molecule has 0 saturated carbocycles. The molecule has 0 radical (unpaired) electrons. The van der Waals surface area contributed by atoms with Gasteiger partial charge in [-0.15, -0.1) is 54.6 Å². The second-order valence-corrected chi connectivity index (χ2v) is 21.0. The Bertz CT molecular complexity index is 3690. The lowest BCUT2D eigenvalue weighted by molar-refractivity contribution is 1.72. The number of rotatable bonds is 3. The molecular formula is C44H50B22. The molecule has 9 rings (SSSR count). The summed E-state index contributed by atoms with van der Waals surface area (Å²) in [5.41, 5.74) is 39.0. The van der Waals surface area contributed by atoms with Crippen LogP contribution >= 0.6 is 0 Å². The zero-order valence-electron chi connectivity index (χ0n) is 44.5. The summed E-state index contributed by atoms with van der Waals surface area (Å²) in [6.45, 7) is 0. The van der Waals surface area contributed by atoms with Gasteiger partial charge in [-0.1, -0.05) is 102 Å². The summed E-state index contributed by atoms with van der Waals surface area (Å²) in [5, 5.41) is 13.9. The van der Waals surface area contributed by atoms with Crippen LogP contribution in [0, 0.1) is 0 Å². The first-order valence-electron chi connectivity index (χ1n) is 24.5. The zero-order valence-corrected chi connectivity index (χ0v) is 44.5. The predicted molar refractivity (Wildman–Crippen MR) is 370 cm³/mol. The Morgan fingerprint density at radius 2 is 0.379 bits per heavy atom. The molecule has 0 N–H and O–H groups in total. The van der Waals surface area contributed by atoms with Crippen molar-refractivity contribution in [2.75, 3.05) is 0 Å². The van der Waals surface area contributed by atoms with Crippen LogP contribution in [0.3, 0.4) is 0 Å². The van der Waals surface area contributed by atoms with Gasteiger partial charge in [0, 0.05) is 0 Å². The first kappa shape index (κ1) is 46.8. The third-order valence-electron chi connectivity index (χ3n) is 18.7. The molecular weight excluding hydrogens is 766 g/mol. The molecule has 0 unspecified atom stereocenters. The van der Waals surface area contributed by atoms with Gasteiger partial charge < -0.3 is 0 Å². The molecule has 0 aliphatic carbocycles. The van der Waals surface area contributed by atoms with E-state index in [0.29, 0.717) is 0 Å². The average molecular weight is 817 g/mol. The predicted octanol–water partition coefficient (Wildman–Crippen LogP) is -25.9. The molecule has 22 heteroatoms. The molecule has 292 valence electrons. The highest BCUT2D eigenvalue weighted by molar-refractivity contribution is 6.76. The molecule has 0 amide bonds. The van der Waals surface area contributed by atoms with E-state index in [9.17, 15) is 0 Å². The van der Waals surface area contributed by atoms with E-state index in [1.807, 2.05) is 0 Å². The molecule has 0 aliphatic heterocycles.